The summed E-state index contributed by atoms with van der Waals surface area (Å²) in [7, 11) is 3.91. The maximum atomic E-state index is 14.5. The number of nitrogens with one attached hydrogen (secondary N) is 2. The number of hydrogen-bond acceptors (Lipinski definition) is 6. The van der Waals surface area contributed by atoms with Crippen LogP contribution in [0.1, 0.15) is 5.56 Å². The van der Waals surface area contributed by atoms with E-state index in [4.69, 9.17) is 4.98 Å². The summed E-state index contributed by atoms with van der Waals surface area (Å²) in [4.78, 5) is 23.3. The Balaban J connectivity index is 1.47. The zero-order valence-corrected chi connectivity index (χ0v) is 19.1. The summed E-state index contributed by atoms with van der Waals surface area (Å²) in [6, 6.07) is 10.9. The van der Waals surface area contributed by atoms with Crippen LogP contribution in [0.3, 0.4) is 0 Å². The van der Waals surface area contributed by atoms with E-state index in [9.17, 15) is 4.39 Å². The van der Waals surface area contributed by atoms with Crippen LogP contribution in [-0.4, -0.2) is 54.1 Å². The van der Waals surface area contributed by atoms with Crippen molar-refractivity contribution in [2.24, 2.45) is 0 Å². The van der Waals surface area contributed by atoms with Gasteiger partial charge in [0, 0.05) is 48.0 Å². The SMILES string of the molecule is CN(C)Cc1cc(F)cc(-c2cncc3[nH]c(-c4[nH]nc5ncc(-c6cccnc6)cc45)nc23)c1. The summed E-state index contributed by atoms with van der Waals surface area (Å²) in [6.07, 6.45) is 8.74. The third-order valence-corrected chi connectivity index (χ3v) is 5.80. The van der Waals surface area contributed by atoms with Crippen molar-refractivity contribution in [1.82, 2.24) is 40.0 Å². The minimum atomic E-state index is -0.291. The average molecular weight is 465 g/mol. The summed E-state index contributed by atoms with van der Waals surface area (Å²) in [6.45, 7) is 0.631. The van der Waals surface area contributed by atoms with E-state index in [1.54, 1.807) is 37.1 Å². The lowest BCUT2D eigenvalue weighted by molar-refractivity contribution is 0.401. The molecule has 0 unspecified atom stereocenters. The van der Waals surface area contributed by atoms with Gasteiger partial charge in [-0.2, -0.15) is 5.10 Å². The topological polar surface area (TPSA) is 99.3 Å². The van der Waals surface area contributed by atoms with Gasteiger partial charge in [0.15, 0.2) is 11.5 Å². The Morgan fingerprint density at radius 3 is 2.69 bits per heavy atom. The third kappa shape index (κ3) is 3.91. The van der Waals surface area contributed by atoms with Gasteiger partial charge in [-0.1, -0.05) is 6.07 Å². The van der Waals surface area contributed by atoms with Crippen LogP contribution in [0.15, 0.2) is 67.4 Å². The first kappa shape index (κ1) is 21.1. The predicted octanol–water partition coefficient (Wildman–Crippen LogP) is 4.83. The van der Waals surface area contributed by atoms with E-state index >= 15 is 0 Å². The maximum absolute atomic E-state index is 14.5. The van der Waals surface area contributed by atoms with Gasteiger partial charge in [0.05, 0.1) is 22.6 Å². The summed E-state index contributed by atoms with van der Waals surface area (Å²) >= 11 is 0. The molecule has 0 spiro atoms. The fraction of sp³-hybridized carbons (Fsp3) is 0.115. The minimum absolute atomic E-state index is 0.291. The second-order valence-corrected chi connectivity index (χ2v) is 8.69. The van der Waals surface area contributed by atoms with E-state index in [0.29, 0.717) is 29.2 Å². The molecule has 0 radical (unpaired) electrons. The minimum Gasteiger partial charge on any atom is -0.335 e. The molecule has 2 N–H and O–H groups in total. The second kappa shape index (κ2) is 8.37. The van der Waals surface area contributed by atoms with Crippen LogP contribution in [0.5, 0.6) is 0 Å². The van der Waals surface area contributed by atoms with Crippen molar-refractivity contribution in [3.63, 3.8) is 0 Å². The first-order chi connectivity index (χ1) is 17.0. The van der Waals surface area contributed by atoms with Crippen LogP contribution in [0, 0.1) is 5.82 Å². The van der Waals surface area contributed by atoms with Gasteiger partial charge < -0.3 is 9.88 Å². The van der Waals surface area contributed by atoms with E-state index in [-0.39, 0.29) is 5.82 Å². The van der Waals surface area contributed by atoms with Gasteiger partial charge in [-0.05, 0) is 55.6 Å². The molecule has 0 aliphatic carbocycles. The van der Waals surface area contributed by atoms with Gasteiger partial charge in [0.2, 0.25) is 0 Å². The number of hydrogen-bond donors (Lipinski definition) is 2. The summed E-state index contributed by atoms with van der Waals surface area (Å²) in [5, 5.41) is 8.24. The Kier molecular flexibility index (Phi) is 5.04. The average Bonchev–Trinajstić information content (AvgIpc) is 3.47. The van der Waals surface area contributed by atoms with Gasteiger partial charge >= 0.3 is 0 Å². The van der Waals surface area contributed by atoms with Crippen molar-refractivity contribution in [2.45, 2.75) is 6.54 Å². The molecule has 0 aliphatic rings. The van der Waals surface area contributed by atoms with Crippen molar-refractivity contribution in [3.8, 4) is 33.8 Å². The molecule has 0 bridgehead atoms. The molecule has 0 atom stereocenters. The van der Waals surface area contributed by atoms with E-state index < -0.39 is 0 Å². The highest BCUT2D eigenvalue weighted by Gasteiger charge is 2.17. The first-order valence-corrected chi connectivity index (χ1v) is 11.1. The Labute approximate surface area is 199 Å². The lowest BCUT2D eigenvalue weighted by Gasteiger charge is -2.11. The molecule has 1 aromatic carbocycles. The molecule has 5 heterocycles. The smallest absolute Gasteiger partial charge is 0.181 e. The largest absolute Gasteiger partial charge is 0.335 e. The van der Waals surface area contributed by atoms with E-state index in [1.807, 2.05) is 43.3 Å². The molecule has 172 valence electrons. The number of halogens is 1. The lowest BCUT2D eigenvalue weighted by Crippen LogP contribution is -2.10. The van der Waals surface area contributed by atoms with Crippen LogP contribution < -0.4 is 0 Å². The van der Waals surface area contributed by atoms with Gasteiger partial charge in [0.1, 0.15) is 11.5 Å². The molecule has 6 rings (SSSR count). The molecule has 0 aliphatic heterocycles. The number of pyridine rings is 3. The first-order valence-electron chi connectivity index (χ1n) is 11.1. The number of imidazole rings is 1. The second-order valence-electron chi connectivity index (χ2n) is 8.69. The van der Waals surface area contributed by atoms with E-state index in [1.165, 1.54) is 6.07 Å². The molecule has 6 aromatic rings. The van der Waals surface area contributed by atoms with Crippen LogP contribution in [0.4, 0.5) is 4.39 Å². The normalized spacial score (nSPS) is 11.7. The van der Waals surface area contributed by atoms with E-state index in [0.717, 1.165) is 38.7 Å². The van der Waals surface area contributed by atoms with Crippen molar-refractivity contribution in [1.29, 1.82) is 0 Å². The highest BCUT2D eigenvalue weighted by Crippen LogP contribution is 2.32. The van der Waals surface area contributed by atoms with Crippen LogP contribution in [0.25, 0.3) is 55.8 Å². The molecule has 0 amide bonds. The Morgan fingerprint density at radius 1 is 0.943 bits per heavy atom. The molecule has 35 heavy (non-hydrogen) atoms. The Morgan fingerprint density at radius 2 is 1.86 bits per heavy atom. The molecular formula is C26H21FN8. The lowest BCUT2D eigenvalue weighted by atomic mass is 10.0. The predicted molar refractivity (Wildman–Crippen MR) is 133 cm³/mol. The van der Waals surface area contributed by atoms with Gasteiger partial charge in [-0.25, -0.2) is 14.4 Å². The molecular weight excluding hydrogens is 443 g/mol. The fourth-order valence-electron chi connectivity index (χ4n) is 4.30. The van der Waals surface area contributed by atoms with Crippen molar-refractivity contribution < 1.29 is 4.39 Å². The third-order valence-electron chi connectivity index (χ3n) is 5.80. The van der Waals surface area contributed by atoms with Crippen molar-refractivity contribution in [2.75, 3.05) is 14.1 Å². The standard InChI is InChI=1S/C26H21FN8/c1-35(2)14-15-6-17(8-19(27)7-15)21-12-29-13-22-23(21)32-26(31-22)24-20-9-18(11-30-25(20)34-33-24)16-4-3-5-28-10-16/h3-13H,14H2,1-2H3,(H,31,32)(H,30,33,34). The van der Waals surface area contributed by atoms with Gasteiger partial charge in [-0.15, -0.1) is 0 Å². The number of fused-ring (bicyclic) bond motifs is 2. The van der Waals surface area contributed by atoms with Crippen molar-refractivity contribution >= 4 is 22.1 Å². The molecule has 0 fully saturated rings. The van der Waals surface area contributed by atoms with Gasteiger partial charge in [-0.3, -0.25) is 15.1 Å². The van der Waals surface area contributed by atoms with E-state index in [2.05, 4.69) is 30.1 Å². The highest BCUT2D eigenvalue weighted by molar-refractivity contribution is 5.96. The quantitative estimate of drug-likeness (QED) is 0.379. The number of rotatable bonds is 5. The number of aromatic nitrogens is 7. The highest BCUT2D eigenvalue weighted by atomic mass is 19.1. The number of aromatic amines is 2. The van der Waals surface area contributed by atoms with Crippen LogP contribution in [-0.2, 0) is 6.54 Å². The zero-order valence-electron chi connectivity index (χ0n) is 19.1. The molecule has 0 saturated carbocycles. The zero-order chi connectivity index (χ0) is 23.9. The summed E-state index contributed by atoms with van der Waals surface area (Å²) < 4.78 is 14.5. The summed E-state index contributed by atoms with van der Waals surface area (Å²) in [5.74, 6) is 0.312. The van der Waals surface area contributed by atoms with Crippen molar-refractivity contribution in [3.05, 3.63) is 78.8 Å². The van der Waals surface area contributed by atoms with Crippen LogP contribution >= 0.6 is 0 Å². The van der Waals surface area contributed by atoms with Gasteiger partial charge in [0.25, 0.3) is 0 Å². The number of H-pyrrole nitrogens is 2. The number of benzene rings is 1. The molecule has 8 nitrogen and oxygen atoms in total. The Hall–Kier alpha value is -4.50. The molecule has 0 saturated heterocycles. The Bertz CT molecular complexity index is 1670. The van der Waals surface area contributed by atoms with Crippen LogP contribution in [0.2, 0.25) is 0 Å². The number of nitrogens with zero attached hydrogens (tertiary/aromatic N) is 6. The monoisotopic (exact) mass is 464 g/mol. The fourth-order valence-corrected chi connectivity index (χ4v) is 4.30. The molecule has 9 heteroatoms. The summed E-state index contributed by atoms with van der Waals surface area (Å²) in [5.41, 5.74) is 7.01. The maximum Gasteiger partial charge on any atom is 0.181 e. The molecule has 5 aromatic heterocycles.